The molecule has 0 spiro atoms. The van der Waals surface area contributed by atoms with Crippen LogP contribution >= 0.6 is 11.6 Å². The van der Waals surface area contributed by atoms with Crippen molar-refractivity contribution in [3.63, 3.8) is 0 Å². The van der Waals surface area contributed by atoms with Crippen molar-refractivity contribution < 1.29 is 0 Å². The second-order valence-electron chi connectivity index (χ2n) is 5.44. The molecule has 0 atom stereocenters. The first-order valence-corrected chi connectivity index (χ1v) is 7.10. The Morgan fingerprint density at radius 3 is 2.58 bits per heavy atom. The second kappa shape index (κ2) is 4.57. The van der Waals surface area contributed by atoms with E-state index in [0.29, 0.717) is 17.0 Å². The van der Waals surface area contributed by atoms with Crippen LogP contribution in [-0.4, -0.2) is 9.55 Å². The van der Waals surface area contributed by atoms with Crippen LogP contribution in [0.25, 0.3) is 11.3 Å². The van der Waals surface area contributed by atoms with E-state index in [-0.39, 0.29) is 0 Å². The van der Waals surface area contributed by atoms with Gasteiger partial charge < -0.3 is 10.3 Å². The summed E-state index contributed by atoms with van der Waals surface area (Å²) < 4.78 is 2.20. The lowest BCUT2D eigenvalue weighted by Gasteiger charge is -2.10. The lowest BCUT2D eigenvalue weighted by Crippen LogP contribution is -2.06. The molecule has 19 heavy (non-hydrogen) atoms. The Balaban J connectivity index is 2.17. The lowest BCUT2D eigenvalue weighted by molar-refractivity contribution is 0.646. The molecule has 1 aliphatic carbocycles. The molecule has 4 heteroatoms. The molecular formula is C15H18ClN3. The highest BCUT2D eigenvalue weighted by Gasteiger charge is 2.31. The predicted molar refractivity (Wildman–Crippen MR) is 79.4 cm³/mol. The molecule has 0 saturated heterocycles. The first-order chi connectivity index (χ1) is 9.09. The van der Waals surface area contributed by atoms with Crippen LogP contribution in [0, 0.1) is 0 Å². The number of nitrogens with two attached hydrogens (primary N) is 1. The molecule has 100 valence electrons. The van der Waals surface area contributed by atoms with Gasteiger partial charge in [0.1, 0.15) is 17.3 Å². The number of aromatic nitrogens is 2. The van der Waals surface area contributed by atoms with Crippen molar-refractivity contribution in [1.29, 1.82) is 0 Å². The van der Waals surface area contributed by atoms with Crippen molar-refractivity contribution in [3.8, 4) is 11.3 Å². The van der Waals surface area contributed by atoms with Gasteiger partial charge in [0.2, 0.25) is 0 Å². The average Bonchev–Trinajstić information content (AvgIpc) is 3.14. The number of halogens is 1. The summed E-state index contributed by atoms with van der Waals surface area (Å²) in [6.45, 7) is 4.30. The fourth-order valence-electron chi connectivity index (χ4n) is 2.44. The van der Waals surface area contributed by atoms with E-state index in [4.69, 9.17) is 22.3 Å². The highest BCUT2D eigenvalue weighted by molar-refractivity contribution is 6.33. The molecule has 2 aromatic rings. The van der Waals surface area contributed by atoms with Crippen LogP contribution in [0.5, 0.6) is 0 Å². The van der Waals surface area contributed by atoms with Gasteiger partial charge in [-0.2, -0.15) is 0 Å². The Kier molecular flexibility index (Phi) is 3.02. The van der Waals surface area contributed by atoms with Gasteiger partial charge in [-0.3, -0.25) is 0 Å². The standard InChI is InChI=1S/C15H18ClN3/c1-9(2)15-18-13(11-5-3-4-6-12(11)16)14(17)19(15)10-7-8-10/h3-6,9-10H,7-8,17H2,1-2H3. The molecule has 0 amide bonds. The summed E-state index contributed by atoms with van der Waals surface area (Å²) in [5.41, 5.74) is 8.07. The number of hydrogen-bond donors (Lipinski definition) is 1. The molecular weight excluding hydrogens is 258 g/mol. The molecule has 0 bridgehead atoms. The van der Waals surface area contributed by atoms with Gasteiger partial charge in [-0.25, -0.2) is 4.98 Å². The number of nitrogen functional groups attached to an aromatic ring is 1. The van der Waals surface area contributed by atoms with Gasteiger partial charge in [0.15, 0.2) is 0 Å². The zero-order chi connectivity index (χ0) is 13.6. The SMILES string of the molecule is CC(C)c1nc(-c2ccccc2Cl)c(N)n1C1CC1. The van der Waals surface area contributed by atoms with Gasteiger partial charge in [-0.15, -0.1) is 0 Å². The van der Waals surface area contributed by atoms with Crippen LogP contribution in [0.3, 0.4) is 0 Å². The minimum Gasteiger partial charge on any atom is -0.383 e. The zero-order valence-electron chi connectivity index (χ0n) is 11.2. The quantitative estimate of drug-likeness (QED) is 0.910. The zero-order valence-corrected chi connectivity index (χ0v) is 12.0. The van der Waals surface area contributed by atoms with Crippen molar-refractivity contribution in [1.82, 2.24) is 9.55 Å². The van der Waals surface area contributed by atoms with Crippen LogP contribution < -0.4 is 5.73 Å². The largest absolute Gasteiger partial charge is 0.383 e. The fourth-order valence-corrected chi connectivity index (χ4v) is 2.66. The molecule has 3 rings (SSSR count). The Labute approximate surface area is 118 Å². The molecule has 0 aliphatic heterocycles. The number of imidazole rings is 1. The van der Waals surface area contributed by atoms with Crippen LogP contribution in [0.2, 0.25) is 5.02 Å². The summed E-state index contributed by atoms with van der Waals surface area (Å²) in [6.07, 6.45) is 2.39. The molecule has 3 nitrogen and oxygen atoms in total. The van der Waals surface area contributed by atoms with E-state index >= 15 is 0 Å². The molecule has 1 aliphatic rings. The number of nitrogens with zero attached hydrogens (tertiary/aromatic N) is 2. The fraction of sp³-hybridized carbons (Fsp3) is 0.400. The third kappa shape index (κ3) is 2.12. The molecule has 1 aromatic heterocycles. The maximum absolute atomic E-state index is 6.33. The van der Waals surface area contributed by atoms with Gasteiger partial charge in [0.05, 0.1) is 5.02 Å². The van der Waals surface area contributed by atoms with Gasteiger partial charge in [0.25, 0.3) is 0 Å². The van der Waals surface area contributed by atoms with Crippen molar-refractivity contribution in [2.24, 2.45) is 0 Å². The van der Waals surface area contributed by atoms with E-state index in [1.54, 1.807) is 0 Å². The smallest absolute Gasteiger partial charge is 0.132 e. The summed E-state index contributed by atoms with van der Waals surface area (Å²) >= 11 is 6.26. The number of benzene rings is 1. The van der Waals surface area contributed by atoms with Crippen LogP contribution in [0.15, 0.2) is 24.3 Å². The number of anilines is 1. The maximum Gasteiger partial charge on any atom is 0.132 e. The van der Waals surface area contributed by atoms with E-state index in [1.165, 1.54) is 12.8 Å². The van der Waals surface area contributed by atoms with E-state index in [0.717, 1.165) is 22.9 Å². The number of hydrogen-bond acceptors (Lipinski definition) is 2. The summed E-state index contributed by atoms with van der Waals surface area (Å²) in [4.78, 5) is 4.76. The van der Waals surface area contributed by atoms with Gasteiger partial charge >= 0.3 is 0 Å². The summed E-state index contributed by atoms with van der Waals surface area (Å²) in [5.74, 6) is 2.17. The lowest BCUT2D eigenvalue weighted by atomic mass is 10.1. The monoisotopic (exact) mass is 275 g/mol. The number of rotatable bonds is 3. The summed E-state index contributed by atoms with van der Waals surface area (Å²) in [5, 5.41) is 0.699. The Morgan fingerprint density at radius 2 is 2.00 bits per heavy atom. The molecule has 2 N–H and O–H groups in total. The molecule has 0 radical (unpaired) electrons. The van der Waals surface area contributed by atoms with Crippen molar-refractivity contribution in [2.45, 2.75) is 38.6 Å². The molecule has 0 unspecified atom stereocenters. The molecule has 1 aromatic carbocycles. The Hall–Kier alpha value is -1.48. The first-order valence-electron chi connectivity index (χ1n) is 6.72. The van der Waals surface area contributed by atoms with Gasteiger partial charge in [-0.1, -0.05) is 43.6 Å². The van der Waals surface area contributed by atoms with Gasteiger partial charge in [-0.05, 0) is 18.9 Å². The highest BCUT2D eigenvalue weighted by atomic mass is 35.5. The first kappa shape index (κ1) is 12.5. The predicted octanol–water partition coefficient (Wildman–Crippen LogP) is 4.24. The minimum absolute atomic E-state index is 0.360. The van der Waals surface area contributed by atoms with E-state index in [2.05, 4.69) is 18.4 Å². The van der Waals surface area contributed by atoms with Crippen LogP contribution in [0.4, 0.5) is 5.82 Å². The topological polar surface area (TPSA) is 43.8 Å². The Morgan fingerprint density at radius 1 is 1.32 bits per heavy atom. The average molecular weight is 276 g/mol. The Bertz CT molecular complexity index is 612. The summed E-state index contributed by atoms with van der Waals surface area (Å²) in [7, 11) is 0. The second-order valence-corrected chi connectivity index (χ2v) is 5.85. The minimum atomic E-state index is 0.360. The molecule has 1 heterocycles. The van der Waals surface area contributed by atoms with Crippen molar-refractivity contribution in [3.05, 3.63) is 35.1 Å². The maximum atomic E-state index is 6.33. The van der Waals surface area contributed by atoms with E-state index < -0.39 is 0 Å². The normalized spacial score (nSPS) is 15.2. The third-order valence-electron chi connectivity index (χ3n) is 3.53. The van der Waals surface area contributed by atoms with E-state index in [1.807, 2.05) is 24.3 Å². The molecule has 1 saturated carbocycles. The summed E-state index contributed by atoms with van der Waals surface area (Å²) in [6, 6.07) is 8.26. The van der Waals surface area contributed by atoms with E-state index in [9.17, 15) is 0 Å². The molecule has 1 fully saturated rings. The third-order valence-corrected chi connectivity index (χ3v) is 3.86. The van der Waals surface area contributed by atoms with Crippen molar-refractivity contribution in [2.75, 3.05) is 5.73 Å². The van der Waals surface area contributed by atoms with Crippen molar-refractivity contribution >= 4 is 17.4 Å². The van der Waals surface area contributed by atoms with Crippen LogP contribution in [-0.2, 0) is 0 Å². The highest BCUT2D eigenvalue weighted by Crippen LogP contribution is 2.43. The van der Waals surface area contributed by atoms with Gasteiger partial charge in [0, 0.05) is 17.5 Å². The van der Waals surface area contributed by atoms with Crippen LogP contribution in [0.1, 0.15) is 44.5 Å².